The van der Waals surface area contributed by atoms with Crippen LogP contribution in [-0.2, 0) is 12.7 Å². The van der Waals surface area contributed by atoms with Crippen molar-refractivity contribution in [3.05, 3.63) is 77.1 Å². The number of nitrogens with one attached hydrogen (secondary N) is 1. The maximum atomic E-state index is 13.8. The monoisotopic (exact) mass is 465 g/mol. The standard InChI is InChI=1S/C23H20F5N3O2/c24-17-5-2-6-18(25)21(17)29-22(32)19-9-10-31(30-19)12-15-11-16(23(26,27)28)7-8-20(15)33-13-14-3-1-4-14/h2,5-11,14H,1,3-4,12-13H2,(H,29,32). The fraction of sp³-hybridized carbons (Fsp3) is 0.304. The Morgan fingerprint density at radius 2 is 1.85 bits per heavy atom. The van der Waals surface area contributed by atoms with Gasteiger partial charge in [-0.1, -0.05) is 12.5 Å². The van der Waals surface area contributed by atoms with Crippen molar-refractivity contribution in [3.63, 3.8) is 0 Å². The van der Waals surface area contributed by atoms with Crippen molar-refractivity contribution in [2.75, 3.05) is 11.9 Å². The molecule has 1 aliphatic rings. The quantitative estimate of drug-likeness (QED) is 0.458. The lowest BCUT2D eigenvalue weighted by molar-refractivity contribution is -0.137. The fourth-order valence-corrected chi connectivity index (χ4v) is 3.43. The molecule has 1 heterocycles. The maximum Gasteiger partial charge on any atom is 0.416 e. The minimum Gasteiger partial charge on any atom is -0.493 e. The molecule has 1 amide bonds. The smallest absolute Gasteiger partial charge is 0.416 e. The summed E-state index contributed by atoms with van der Waals surface area (Å²) in [6.07, 6.45) is 0.0258. The second-order valence-electron chi connectivity index (χ2n) is 7.88. The van der Waals surface area contributed by atoms with E-state index in [2.05, 4.69) is 10.4 Å². The number of nitrogens with zero attached hydrogens (tertiary/aromatic N) is 2. The largest absolute Gasteiger partial charge is 0.493 e. The number of para-hydroxylation sites is 1. The number of rotatable bonds is 7. The van der Waals surface area contributed by atoms with E-state index in [0.29, 0.717) is 18.3 Å². The summed E-state index contributed by atoms with van der Waals surface area (Å²) in [6, 6.07) is 7.70. The maximum absolute atomic E-state index is 13.8. The Morgan fingerprint density at radius 1 is 1.12 bits per heavy atom. The van der Waals surface area contributed by atoms with Gasteiger partial charge in [-0.3, -0.25) is 9.48 Å². The topological polar surface area (TPSA) is 56.2 Å². The first kappa shape index (κ1) is 22.8. The molecule has 1 saturated carbocycles. The van der Waals surface area contributed by atoms with Gasteiger partial charge in [0, 0.05) is 11.8 Å². The molecule has 0 aliphatic heterocycles. The minimum absolute atomic E-state index is 0.0920. The van der Waals surface area contributed by atoms with E-state index >= 15 is 0 Å². The molecule has 1 N–H and O–H groups in total. The van der Waals surface area contributed by atoms with Crippen LogP contribution in [0.5, 0.6) is 5.75 Å². The number of amides is 1. The Balaban J connectivity index is 1.52. The van der Waals surface area contributed by atoms with Gasteiger partial charge < -0.3 is 10.1 Å². The summed E-state index contributed by atoms with van der Waals surface area (Å²) in [5.41, 5.74) is -1.34. The van der Waals surface area contributed by atoms with Crippen LogP contribution in [0.25, 0.3) is 0 Å². The van der Waals surface area contributed by atoms with Gasteiger partial charge in [0.05, 0.1) is 18.7 Å². The number of aromatic nitrogens is 2. The Labute approximate surface area is 186 Å². The zero-order chi connectivity index (χ0) is 23.6. The lowest BCUT2D eigenvalue weighted by atomic mass is 9.86. The summed E-state index contributed by atoms with van der Waals surface area (Å²) in [7, 11) is 0. The van der Waals surface area contributed by atoms with E-state index in [1.54, 1.807) is 0 Å². The van der Waals surface area contributed by atoms with Crippen LogP contribution in [0.15, 0.2) is 48.7 Å². The highest BCUT2D eigenvalue weighted by Crippen LogP contribution is 2.34. The SMILES string of the molecule is O=C(Nc1c(F)cccc1F)c1ccn(Cc2cc(C(F)(F)F)ccc2OCC2CCC2)n1. The normalized spacial score (nSPS) is 14.1. The number of halogens is 5. The molecule has 1 aliphatic carbocycles. The van der Waals surface area contributed by atoms with Gasteiger partial charge >= 0.3 is 6.18 Å². The van der Waals surface area contributed by atoms with Gasteiger partial charge in [-0.15, -0.1) is 0 Å². The van der Waals surface area contributed by atoms with E-state index in [9.17, 15) is 26.7 Å². The van der Waals surface area contributed by atoms with Gasteiger partial charge in [0.1, 0.15) is 23.1 Å². The number of hydrogen-bond donors (Lipinski definition) is 1. The van der Waals surface area contributed by atoms with Crippen LogP contribution >= 0.6 is 0 Å². The molecule has 0 unspecified atom stereocenters. The first-order valence-electron chi connectivity index (χ1n) is 10.3. The molecule has 1 aromatic heterocycles. The first-order chi connectivity index (χ1) is 15.7. The van der Waals surface area contributed by atoms with Gasteiger partial charge in [0.15, 0.2) is 5.69 Å². The van der Waals surface area contributed by atoms with Crippen LogP contribution in [-0.4, -0.2) is 22.3 Å². The van der Waals surface area contributed by atoms with E-state index in [-0.39, 0.29) is 17.8 Å². The molecule has 2 aromatic carbocycles. The third-order valence-electron chi connectivity index (χ3n) is 5.49. The molecule has 10 heteroatoms. The average Bonchev–Trinajstić information content (AvgIpc) is 3.18. The molecule has 5 nitrogen and oxygen atoms in total. The molecular formula is C23H20F5N3O2. The van der Waals surface area contributed by atoms with Gasteiger partial charge in [-0.2, -0.15) is 18.3 Å². The number of carbonyl (C=O) groups excluding carboxylic acids is 1. The van der Waals surface area contributed by atoms with Crippen LogP contribution in [0.2, 0.25) is 0 Å². The first-order valence-corrected chi connectivity index (χ1v) is 10.3. The van der Waals surface area contributed by atoms with Crippen molar-refractivity contribution in [2.45, 2.75) is 32.0 Å². The van der Waals surface area contributed by atoms with Crippen LogP contribution in [0.1, 0.15) is 40.9 Å². The molecule has 1 fully saturated rings. The Kier molecular flexibility index (Phi) is 6.35. The molecule has 3 aromatic rings. The molecule has 33 heavy (non-hydrogen) atoms. The molecule has 0 spiro atoms. The number of anilines is 1. The third-order valence-corrected chi connectivity index (χ3v) is 5.49. The lowest BCUT2D eigenvalue weighted by Gasteiger charge is -2.26. The van der Waals surface area contributed by atoms with E-state index < -0.39 is 35.0 Å². The summed E-state index contributed by atoms with van der Waals surface area (Å²) in [5, 5.41) is 6.16. The number of alkyl halides is 3. The summed E-state index contributed by atoms with van der Waals surface area (Å²) >= 11 is 0. The van der Waals surface area contributed by atoms with Crippen molar-refractivity contribution < 1.29 is 31.5 Å². The van der Waals surface area contributed by atoms with Crippen LogP contribution in [0, 0.1) is 17.6 Å². The Morgan fingerprint density at radius 3 is 2.48 bits per heavy atom. The Bertz CT molecular complexity index is 1130. The summed E-state index contributed by atoms with van der Waals surface area (Å²) in [5.74, 6) is -2.05. The van der Waals surface area contributed by atoms with Crippen molar-refractivity contribution in [3.8, 4) is 5.75 Å². The summed E-state index contributed by atoms with van der Waals surface area (Å²) in [6.45, 7) is 0.324. The number of carbonyl (C=O) groups is 1. The van der Waals surface area contributed by atoms with Crippen LogP contribution in [0.4, 0.5) is 27.6 Å². The molecule has 0 radical (unpaired) electrons. The lowest BCUT2D eigenvalue weighted by Crippen LogP contribution is -2.20. The number of ether oxygens (including phenoxy) is 1. The second-order valence-corrected chi connectivity index (χ2v) is 7.88. The number of hydrogen-bond acceptors (Lipinski definition) is 3. The minimum atomic E-state index is -4.53. The van der Waals surface area contributed by atoms with Crippen molar-refractivity contribution in [2.24, 2.45) is 5.92 Å². The molecule has 0 bridgehead atoms. The predicted octanol–water partition coefficient (Wildman–Crippen LogP) is 5.66. The number of benzene rings is 2. The van der Waals surface area contributed by atoms with Crippen LogP contribution < -0.4 is 10.1 Å². The fourth-order valence-electron chi connectivity index (χ4n) is 3.43. The highest BCUT2D eigenvalue weighted by molar-refractivity contribution is 6.02. The highest BCUT2D eigenvalue weighted by atomic mass is 19.4. The molecule has 4 rings (SSSR count). The van der Waals surface area contributed by atoms with Gasteiger partial charge in [-0.05, 0) is 55.2 Å². The second kappa shape index (κ2) is 9.21. The molecule has 0 saturated heterocycles. The van der Waals surface area contributed by atoms with Crippen molar-refractivity contribution >= 4 is 11.6 Å². The van der Waals surface area contributed by atoms with E-state index in [1.165, 1.54) is 23.0 Å². The van der Waals surface area contributed by atoms with E-state index in [1.807, 2.05) is 0 Å². The van der Waals surface area contributed by atoms with E-state index in [4.69, 9.17) is 4.74 Å². The summed E-state index contributed by atoms with van der Waals surface area (Å²) < 4.78 is 74.2. The highest BCUT2D eigenvalue weighted by Gasteiger charge is 2.31. The van der Waals surface area contributed by atoms with Gasteiger partial charge in [0.25, 0.3) is 5.91 Å². The van der Waals surface area contributed by atoms with Gasteiger partial charge in [-0.25, -0.2) is 8.78 Å². The summed E-state index contributed by atoms with van der Waals surface area (Å²) in [4.78, 5) is 12.4. The van der Waals surface area contributed by atoms with Crippen molar-refractivity contribution in [1.29, 1.82) is 0 Å². The third kappa shape index (κ3) is 5.32. The molecular weight excluding hydrogens is 445 g/mol. The molecule has 174 valence electrons. The zero-order valence-corrected chi connectivity index (χ0v) is 17.3. The van der Waals surface area contributed by atoms with Crippen molar-refractivity contribution in [1.82, 2.24) is 9.78 Å². The molecule has 0 atom stereocenters. The van der Waals surface area contributed by atoms with Crippen LogP contribution in [0.3, 0.4) is 0 Å². The predicted molar refractivity (Wildman–Crippen MR) is 110 cm³/mol. The Hall–Kier alpha value is -3.43. The average molecular weight is 465 g/mol. The van der Waals surface area contributed by atoms with Gasteiger partial charge in [0.2, 0.25) is 0 Å². The van der Waals surface area contributed by atoms with E-state index in [0.717, 1.165) is 49.6 Å². The zero-order valence-electron chi connectivity index (χ0n) is 17.3.